The van der Waals surface area contributed by atoms with Crippen molar-refractivity contribution in [3.8, 4) is 5.69 Å². The Labute approximate surface area is 115 Å². The molecule has 3 heteroatoms. The molecule has 0 saturated heterocycles. The van der Waals surface area contributed by atoms with Gasteiger partial charge in [-0.15, -0.1) is 10.2 Å². The van der Waals surface area contributed by atoms with Gasteiger partial charge in [-0.25, -0.2) is 0 Å². The zero-order chi connectivity index (χ0) is 14.3. The van der Waals surface area contributed by atoms with E-state index in [2.05, 4.69) is 69.9 Å². The third-order valence-electron chi connectivity index (χ3n) is 3.37. The maximum absolute atomic E-state index is 3.93. The van der Waals surface area contributed by atoms with E-state index in [0.717, 1.165) is 0 Å². The molecule has 2 aromatic rings. The van der Waals surface area contributed by atoms with E-state index in [1.165, 1.54) is 16.8 Å². The molecule has 0 fully saturated rings. The van der Waals surface area contributed by atoms with Gasteiger partial charge in [-0.2, -0.15) is 0 Å². The molecular formula is C16H23N3. The molecule has 0 amide bonds. The Morgan fingerprint density at radius 2 is 1.42 bits per heavy atom. The summed E-state index contributed by atoms with van der Waals surface area (Å²) >= 11 is 0. The fourth-order valence-electron chi connectivity index (χ4n) is 2.17. The first-order valence-electron chi connectivity index (χ1n) is 6.69. The summed E-state index contributed by atoms with van der Waals surface area (Å²) in [6, 6.07) is 6.72. The van der Waals surface area contributed by atoms with Crippen LogP contribution in [0.5, 0.6) is 0 Å². The highest BCUT2D eigenvalue weighted by Crippen LogP contribution is 2.32. The first-order chi connectivity index (χ1) is 8.69. The van der Waals surface area contributed by atoms with Gasteiger partial charge in [-0.3, -0.25) is 4.57 Å². The van der Waals surface area contributed by atoms with E-state index < -0.39 is 0 Å². The smallest absolute Gasteiger partial charge is 0.123 e. The lowest BCUT2D eigenvalue weighted by atomic mass is 9.81. The van der Waals surface area contributed by atoms with Crippen molar-refractivity contribution in [1.82, 2.24) is 14.8 Å². The first-order valence-corrected chi connectivity index (χ1v) is 6.69. The predicted molar refractivity (Wildman–Crippen MR) is 78.8 cm³/mol. The Bertz CT molecular complexity index is 555. The largest absolute Gasteiger partial charge is 0.288 e. The highest BCUT2D eigenvalue weighted by atomic mass is 15.2. The lowest BCUT2D eigenvalue weighted by Crippen LogP contribution is -2.18. The second kappa shape index (κ2) is 4.48. The van der Waals surface area contributed by atoms with Gasteiger partial charge < -0.3 is 0 Å². The Kier molecular flexibility index (Phi) is 3.25. The van der Waals surface area contributed by atoms with Crippen molar-refractivity contribution in [1.29, 1.82) is 0 Å². The van der Waals surface area contributed by atoms with Crippen LogP contribution in [0.15, 0.2) is 30.9 Å². The quantitative estimate of drug-likeness (QED) is 0.776. The fourth-order valence-corrected chi connectivity index (χ4v) is 2.17. The molecule has 0 N–H and O–H groups in total. The molecule has 1 aromatic carbocycles. The maximum Gasteiger partial charge on any atom is 0.123 e. The van der Waals surface area contributed by atoms with Gasteiger partial charge in [0.25, 0.3) is 0 Å². The summed E-state index contributed by atoms with van der Waals surface area (Å²) < 4.78 is 2.00. The standard InChI is InChI=1S/C16H23N3/c1-15(2,3)12-7-8-13(16(4,5)6)14(9-12)19-10-17-18-11-19/h7-11H,1-6H3. The number of nitrogens with zero attached hydrogens (tertiary/aromatic N) is 3. The van der Waals surface area contributed by atoms with Crippen LogP contribution < -0.4 is 0 Å². The second-order valence-corrected chi connectivity index (χ2v) is 7.10. The molecule has 102 valence electrons. The maximum atomic E-state index is 3.93. The minimum atomic E-state index is 0.0933. The van der Waals surface area contributed by atoms with E-state index >= 15 is 0 Å². The van der Waals surface area contributed by atoms with Crippen molar-refractivity contribution in [2.45, 2.75) is 52.4 Å². The Balaban J connectivity index is 2.65. The Morgan fingerprint density at radius 1 is 0.842 bits per heavy atom. The fraction of sp³-hybridized carbons (Fsp3) is 0.500. The minimum Gasteiger partial charge on any atom is -0.288 e. The van der Waals surface area contributed by atoms with Crippen LogP contribution in [0.25, 0.3) is 5.69 Å². The van der Waals surface area contributed by atoms with Crippen molar-refractivity contribution in [2.75, 3.05) is 0 Å². The SMILES string of the molecule is CC(C)(C)c1ccc(C(C)(C)C)c(-n2cnnc2)c1. The predicted octanol–water partition coefficient (Wildman–Crippen LogP) is 3.86. The zero-order valence-corrected chi connectivity index (χ0v) is 12.7. The summed E-state index contributed by atoms with van der Waals surface area (Å²) in [6.45, 7) is 13.4. The normalized spacial score (nSPS) is 12.7. The molecule has 0 atom stereocenters. The van der Waals surface area contributed by atoms with Gasteiger partial charge in [0, 0.05) is 0 Å². The molecule has 19 heavy (non-hydrogen) atoms. The molecule has 0 bridgehead atoms. The molecule has 0 spiro atoms. The van der Waals surface area contributed by atoms with Gasteiger partial charge in [-0.1, -0.05) is 53.7 Å². The summed E-state index contributed by atoms with van der Waals surface area (Å²) in [7, 11) is 0. The van der Waals surface area contributed by atoms with Crippen LogP contribution in [-0.4, -0.2) is 14.8 Å². The van der Waals surface area contributed by atoms with Gasteiger partial charge in [0.1, 0.15) is 12.7 Å². The number of hydrogen-bond acceptors (Lipinski definition) is 2. The number of rotatable bonds is 1. The average Bonchev–Trinajstić information content (AvgIpc) is 2.79. The van der Waals surface area contributed by atoms with Crippen molar-refractivity contribution in [3.05, 3.63) is 42.0 Å². The van der Waals surface area contributed by atoms with Crippen molar-refractivity contribution >= 4 is 0 Å². The second-order valence-electron chi connectivity index (χ2n) is 7.10. The number of benzene rings is 1. The topological polar surface area (TPSA) is 30.7 Å². The van der Waals surface area contributed by atoms with Gasteiger partial charge in [0.05, 0.1) is 5.69 Å². The van der Waals surface area contributed by atoms with Gasteiger partial charge in [0.2, 0.25) is 0 Å². The average molecular weight is 257 g/mol. The highest BCUT2D eigenvalue weighted by molar-refractivity contribution is 5.48. The molecule has 0 aliphatic carbocycles. The van der Waals surface area contributed by atoms with Crippen LogP contribution >= 0.6 is 0 Å². The van der Waals surface area contributed by atoms with Crippen molar-refractivity contribution in [3.63, 3.8) is 0 Å². The van der Waals surface area contributed by atoms with Crippen molar-refractivity contribution in [2.24, 2.45) is 0 Å². The van der Waals surface area contributed by atoms with Crippen LogP contribution in [0.4, 0.5) is 0 Å². The van der Waals surface area contributed by atoms with E-state index in [1.807, 2.05) is 4.57 Å². The van der Waals surface area contributed by atoms with Crippen LogP contribution in [0, 0.1) is 0 Å². The van der Waals surface area contributed by atoms with E-state index in [9.17, 15) is 0 Å². The molecule has 2 rings (SSSR count). The lowest BCUT2D eigenvalue weighted by molar-refractivity contribution is 0.573. The third kappa shape index (κ3) is 2.86. The number of hydrogen-bond donors (Lipinski definition) is 0. The van der Waals surface area contributed by atoms with E-state index in [0.29, 0.717) is 0 Å². The Hall–Kier alpha value is -1.64. The molecule has 0 aliphatic rings. The lowest BCUT2D eigenvalue weighted by Gasteiger charge is -2.26. The summed E-state index contributed by atoms with van der Waals surface area (Å²) in [5.74, 6) is 0. The monoisotopic (exact) mass is 257 g/mol. The molecule has 1 aromatic heterocycles. The molecule has 0 radical (unpaired) electrons. The minimum absolute atomic E-state index is 0.0933. The molecule has 3 nitrogen and oxygen atoms in total. The summed E-state index contributed by atoms with van der Waals surface area (Å²) in [6.07, 6.45) is 3.52. The zero-order valence-electron chi connectivity index (χ0n) is 12.7. The molecule has 1 heterocycles. The van der Waals surface area contributed by atoms with Crippen LogP contribution in [0.3, 0.4) is 0 Å². The van der Waals surface area contributed by atoms with E-state index in [4.69, 9.17) is 0 Å². The van der Waals surface area contributed by atoms with Gasteiger partial charge in [0.15, 0.2) is 0 Å². The summed E-state index contributed by atoms with van der Waals surface area (Å²) in [5, 5.41) is 7.85. The molecule has 0 unspecified atom stereocenters. The van der Waals surface area contributed by atoms with E-state index in [1.54, 1.807) is 12.7 Å². The Morgan fingerprint density at radius 3 is 1.89 bits per heavy atom. The summed E-state index contributed by atoms with van der Waals surface area (Å²) in [4.78, 5) is 0. The first kappa shape index (κ1) is 13.8. The van der Waals surface area contributed by atoms with Gasteiger partial charge in [-0.05, 0) is 28.0 Å². The van der Waals surface area contributed by atoms with Crippen LogP contribution in [0.1, 0.15) is 52.7 Å². The van der Waals surface area contributed by atoms with E-state index in [-0.39, 0.29) is 10.8 Å². The third-order valence-corrected chi connectivity index (χ3v) is 3.37. The molecule has 0 saturated carbocycles. The highest BCUT2D eigenvalue weighted by Gasteiger charge is 2.22. The summed E-state index contributed by atoms with van der Waals surface area (Å²) in [5.41, 5.74) is 4.03. The van der Waals surface area contributed by atoms with Crippen LogP contribution in [-0.2, 0) is 10.8 Å². The van der Waals surface area contributed by atoms with Gasteiger partial charge >= 0.3 is 0 Å². The van der Waals surface area contributed by atoms with Crippen LogP contribution in [0.2, 0.25) is 0 Å². The molecule has 0 aliphatic heterocycles. The molecular weight excluding hydrogens is 234 g/mol. The van der Waals surface area contributed by atoms with Crippen molar-refractivity contribution < 1.29 is 0 Å². The number of aromatic nitrogens is 3.